The van der Waals surface area contributed by atoms with Crippen LogP contribution in [0.3, 0.4) is 0 Å². The summed E-state index contributed by atoms with van der Waals surface area (Å²) < 4.78 is 0. The Kier molecular flexibility index (Phi) is 4.97. The van der Waals surface area contributed by atoms with Crippen LogP contribution in [0.5, 0.6) is 0 Å². The number of carbonyl (C=O) groups is 1. The molecule has 3 rings (SSSR count). The van der Waals surface area contributed by atoms with Gasteiger partial charge >= 0.3 is 6.03 Å². The second-order valence-corrected chi connectivity index (χ2v) is 9.23. The quantitative estimate of drug-likeness (QED) is 0.823. The minimum Gasteiger partial charge on any atom is -0.329 e. The standard InChI is InChI=1S/C18H25N3OS2/c1-12(16-20-15(11-24-16)18(2,3)4)19-17(22)21-9-5-7-13(21)14-8-6-10-23-14/h6,8,10-13H,5,7,9H2,1-4H3,(H,19,22)/t12-,13-/m1/s1. The molecule has 0 bridgehead atoms. The molecular formula is C18H25N3OS2. The van der Waals surface area contributed by atoms with Gasteiger partial charge in [-0.05, 0) is 31.2 Å². The largest absolute Gasteiger partial charge is 0.329 e. The Morgan fingerprint density at radius 1 is 1.42 bits per heavy atom. The molecule has 3 heterocycles. The van der Waals surface area contributed by atoms with Crippen LogP contribution in [-0.2, 0) is 5.41 Å². The number of likely N-dealkylation sites (tertiary alicyclic amines) is 1. The molecule has 4 nitrogen and oxygen atoms in total. The SMILES string of the molecule is C[C@@H](NC(=O)N1CCC[C@@H]1c1cccs1)c1nc(C(C)(C)C)cs1. The first-order chi connectivity index (χ1) is 11.4. The highest BCUT2D eigenvalue weighted by atomic mass is 32.1. The Balaban J connectivity index is 1.67. The molecule has 130 valence electrons. The average Bonchev–Trinajstić information content (AvgIpc) is 3.25. The maximum Gasteiger partial charge on any atom is 0.318 e. The Hall–Kier alpha value is -1.40. The monoisotopic (exact) mass is 363 g/mol. The molecular weight excluding hydrogens is 338 g/mol. The van der Waals surface area contributed by atoms with E-state index in [1.54, 1.807) is 22.7 Å². The number of rotatable bonds is 3. The number of thiophene rings is 1. The van der Waals surface area contributed by atoms with Gasteiger partial charge in [0.25, 0.3) is 0 Å². The summed E-state index contributed by atoms with van der Waals surface area (Å²) in [6, 6.07) is 4.36. The van der Waals surface area contributed by atoms with Gasteiger partial charge in [0.05, 0.1) is 17.8 Å². The zero-order valence-corrected chi connectivity index (χ0v) is 16.3. The molecule has 0 saturated carbocycles. The van der Waals surface area contributed by atoms with E-state index >= 15 is 0 Å². The van der Waals surface area contributed by atoms with Crippen molar-refractivity contribution in [2.45, 2.75) is 58.0 Å². The highest BCUT2D eigenvalue weighted by Crippen LogP contribution is 2.35. The summed E-state index contributed by atoms with van der Waals surface area (Å²) >= 11 is 3.36. The molecule has 0 aliphatic carbocycles. The molecule has 0 unspecified atom stereocenters. The predicted octanol–water partition coefficient (Wildman–Crippen LogP) is 5.11. The second-order valence-electron chi connectivity index (χ2n) is 7.36. The van der Waals surface area contributed by atoms with Crippen molar-refractivity contribution in [1.29, 1.82) is 0 Å². The van der Waals surface area contributed by atoms with Gasteiger partial charge in [-0.2, -0.15) is 0 Å². The molecule has 1 fully saturated rings. The number of carbonyl (C=O) groups excluding carboxylic acids is 1. The van der Waals surface area contributed by atoms with Crippen LogP contribution in [0, 0.1) is 0 Å². The molecule has 0 aromatic carbocycles. The van der Waals surface area contributed by atoms with Crippen molar-refractivity contribution in [3.8, 4) is 0 Å². The molecule has 2 aromatic rings. The van der Waals surface area contributed by atoms with Crippen LogP contribution in [0.25, 0.3) is 0 Å². The first-order valence-corrected chi connectivity index (χ1v) is 10.2. The molecule has 0 radical (unpaired) electrons. The molecule has 0 spiro atoms. The Morgan fingerprint density at radius 3 is 2.83 bits per heavy atom. The van der Waals surface area contributed by atoms with Crippen molar-refractivity contribution in [2.24, 2.45) is 0 Å². The second kappa shape index (κ2) is 6.84. The number of nitrogens with one attached hydrogen (secondary N) is 1. The molecule has 2 atom stereocenters. The lowest BCUT2D eigenvalue weighted by Gasteiger charge is -2.25. The van der Waals surface area contributed by atoms with E-state index in [2.05, 4.69) is 49.0 Å². The van der Waals surface area contributed by atoms with Crippen LogP contribution >= 0.6 is 22.7 Å². The van der Waals surface area contributed by atoms with Crippen LogP contribution in [0.1, 0.15) is 68.2 Å². The topological polar surface area (TPSA) is 45.2 Å². The van der Waals surface area contributed by atoms with E-state index in [-0.39, 0.29) is 23.5 Å². The summed E-state index contributed by atoms with van der Waals surface area (Å²) in [5.41, 5.74) is 1.12. The van der Waals surface area contributed by atoms with E-state index in [4.69, 9.17) is 4.98 Å². The van der Waals surface area contributed by atoms with Crippen LogP contribution in [0.4, 0.5) is 4.79 Å². The summed E-state index contributed by atoms with van der Waals surface area (Å²) in [7, 11) is 0. The van der Waals surface area contributed by atoms with E-state index < -0.39 is 0 Å². The number of urea groups is 1. The average molecular weight is 364 g/mol. The highest BCUT2D eigenvalue weighted by molar-refractivity contribution is 7.10. The van der Waals surface area contributed by atoms with E-state index in [1.165, 1.54) is 4.88 Å². The molecule has 1 saturated heterocycles. The van der Waals surface area contributed by atoms with E-state index in [0.717, 1.165) is 30.1 Å². The summed E-state index contributed by atoms with van der Waals surface area (Å²) in [4.78, 5) is 20.7. The minimum absolute atomic E-state index is 0.0194. The van der Waals surface area contributed by atoms with Crippen molar-refractivity contribution in [1.82, 2.24) is 15.2 Å². The smallest absolute Gasteiger partial charge is 0.318 e. The number of thiazole rings is 1. The summed E-state index contributed by atoms with van der Waals surface area (Å²) in [6.07, 6.45) is 2.11. The third kappa shape index (κ3) is 3.64. The van der Waals surface area contributed by atoms with E-state index in [9.17, 15) is 4.79 Å². The van der Waals surface area contributed by atoms with E-state index in [1.807, 2.05) is 11.8 Å². The van der Waals surface area contributed by atoms with Gasteiger partial charge in [0.1, 0.15) is 5.01 Å². The highest BCUT2D eigenvalue weighted by Gasteiger charge is 2.31. The molecule has 1 aliphatic rings. The molecule has 2 aromatic heterocycles. The fourth-order valence-electron chi connectivity index (χ4n) is 2.95. The first-order valence-electron chi connectivity index (χ1n) is 8.42. The van der Waals surface area contributed by atoms with Gasteiger partial charge in [-0.3, -0.25) is 0 Å². The number of nitrogens with zero attached hydrogens (tertiary/aromatic N) is 2. The fourth-order valence-corrected chi connectivity index (χ4v) is 4.87. The number of amides is 2. The zero-order chi connectivity index (χ0) is 17.3. The number of hydrogen-bond acceptors (Lipinski definition) is 4. The van der Waals surface area contributed by atoms with Crippen molar-refractivity contribution in [3.63, 3.8) is 0 Å². The van der Waals surface area contributed by atoms with Gasteiger partial charge in [-0.25, -0.2) is 9.78 Å². The molecule has 1 N–H and O–H groups in total. The van der Waals surface area contributed by atoms with Gasteiger partial charge in [-0.15, -0.1) is 22.7 Å². The summed E-state index contributed by atoms with van der Waals surface area (Å²) in [5, 5.41) is 8.29. The molecule has 1 aliphatic heterocycles. The zero-order valence-electron chi connectivity index (χ0n) is 14.7. The third-order valence-corrected chi connectivity index (χ3v) is 6.39. The van der Waals surface area contributed by atoms with Crippen LogP contribution < -0.4 is 5.32 Å². The van der Waals surface area contributed by atoms with Gasteiger partial charge in [0.2, 0.25) is 0 Å². The van der Waals surface area contributed by atoms with Crippen molar-refractivity contribution in [3.05, 3.63) is 38.5 Å². The van der Waals surface area contributed by atoms with Gasteiger partial charge in [0.15, 0.2) is 0 Å². The number of aromatic nitrogens is 1. The number of hydrogen-bond donors (Lipinski definition) is 1. The lowest BCUT2D eigenvalue weighted by molar-refractivity contribution is 0.190. The lowest BCUT2D eigenvalue weighted by Crippen LogP contribution is -2.40. The Labute approximate surface area is 151 Å². The normalized spacial score (nSPS) is 19.5. The van der Waals surface area contributed by atoms with E-state index in [0.29, 0.717) is 0 Å². The predicted molar refractivity (Wildman–Crippen MR) is 101 cm³/mol. The fraction of sp³-hybridized carbons (Fsp3) is 0.556. The summed E-state index contributed by atoms with van der Waals surface area (Å²) in [5.74, 6) is 0. The van der Waals surface area contributed by atoms with Crippen LogP contribution in [0.15, 0.2) is 22.9 Å². The minimum atomic E-state index is -0.0665. The van der Waals surface area contributed by atoms with Gasteiger partial charge < -0.3 is 10.2 Å². The van der Waals surface area contributed by atoms with Crippen molar-refractivity contribution < 1.29 is 4.79 Å². The van der Waals surface area contributed by atoms with Gasteiger partial charge in [0, 0.05) is 22.2 Å². The Bertz CT molecular complexity index is 687. The molecule has 6 heteroatoms. The maximum atomic E-state index is 12.7. The molecule has 2 amide bonds. The van der Waals surface area contributed by atoms with Crippen LogP contribution in [0.2, 0.25) is 0 Å². The lowest BCUT2D eigenvalue weighted by atomic mass is 9.93. The Morgan fingerprint density at radius 2 is 2.21 bits per heavy atom. The first kappa shape index (κ1) is 17.4. The molecule has 24 heavy (non-hydrogen) atoms. The van der Waals surface area contributed by atoms with Gasteiger partial charge in [-0.1, -0.05) is 26.8 Å². The summed E-state index contributed by atoms with van der Waals surface area (Å²) in [6.45, 7) is 9.31. The van der Waals surface area contributed by atoms with Crippen molar-refractivity contribution >= 4 is 28.7 Å². The van der Waals surface area contributed by atoms with Crippen molar-refractivity contribution in [2.75, 3.05) is 6.54 Å². The third-order valence-electron chi connectivity index (χ3n) is 4.39. The maximum absolute atomic E-state index is 12.7. The van der Waals surface area contributed by atoms with Crippen LogP contribution in [-0.4, -0.2) is 22.5 Å².